The van der Waals surface area contributed by atoms with Gasteiger partial charge in [0.05, 0.1) is 17.9 Å². The molecule has 9 nitrogen and oxygen atoms in total. The average molecular weight is 640 g/mol. The van der Waals surface area contributed by atoms with Crippen LogP contribution in [0.15, 0.2) is 65.6 Å². The fourth-order valence-electron chi connectivity index (χ4n) is 6.01. The lowest BCUT2D eigenvalue weighted by molar-refractivity contribution is -0.146. The first-order valence-electron chi connectivity index (χ1n) is 14.8. The Morgan fingerprint density at radius 3 is 2.33 bits per heavy atom. The Labute approximate surface area is 261 Å². The monoisotopic (exact) mass is 639 g/mol. The van der Waals surface area contributed by atoms with Gasteiger partial charge < -0.3 is 19.9 Å². The number of amides is 3. The molecule has 12 heteroatoms. The number of hydrogen-bond acceptors (Lipinski definition) is 6. The smallest absolute Gasteiger partial charge is 0.311 e. The van der Waals surface area contributed by atoms with Crippen LogP contribution in [0.4, 0.5) is 14.5 Å². The molecule has 2 heterocycles. The number of hydrogen-bond donors (Lipinski definition) is 1. The molecule has 3 aromatic carbocycles. The van der Waals surface area contributed by atoms with Crippen LogP contribution >= 0.6 is 0 Å². The molecule has 0 radical (unpaired) electrons. The first kappa shape index (κ1) is 32.1. The summed E-state index contributed by atoms with van der Waals surface area (Å²) in [7, 11) is -3.46. The number of fused-ring (bicyclic) bond motifs is 1. The second-order valence-corrected chi connectivity index (χ2v) is 13.4. The van der Waals surface area contributed by atoms with Gasteiger partial charge in [-0.2, -0.15) is 0 Å². The van der Waals surface area contributed by atoms with E-state index in [-0.39, 0.29) is 23.1 Å². The van der Waals surface area contributed by atoms with Gasteiger partial charge in [-0.05, 0) is 84.7 Å². The minimum Gasteiger partial charge on any atom is -0.457 e. The van der Waals surface area contributed by atoms with Crippen LogP contribution in [0.3, 0.4) is 0 Å². The highest BCUT2D eigenvalue weighted by atomic mass is 32.2. The van der Waals surface area contributed by atoms with Crippen LogP contribution in [-0.2, 0) is 37.1 Å². The summed E-state index contributed by atoms with van der Waals surface area (Å²) in [5.74, 6) is -0.455. The molecule has 1 fully saturated rings. The Hall–Kier alpha value is -4.32. The van der Waals surface area contributed by atoms with Gasteiger partial charge in [0.1, 0.15) is 11.5 Å². The maximum Gasteiger partial charge on any atom is 0.311 e. The predicted octanol–water partition coefficient (Wildman–Crippen LogP) is 4.41. The van der Waals surface area contributed by atoms with Crippen molar-refractivity contribution in [3.8, 4) is 11.5 Å². The van der Waals surface area contributed by atoms with Gasteiger partial charge in [-0.1, -0.05) is 30.3 Å². The van der Waals surface area contributed by atoms with E-state index in [2.05, 4.69) is 0 Å². The summed E-state index contributed by atoms with van der Waals surface area (Å²) in [6, 6.07) is 18.0. The molecular formula is C33H35F2N3O6S. The Kier molecular flexibility index (Phi) is 9.52. The Morgan fingerprint density at radius 2 is 1.67 bits per heavy atom. The van der Waals surface area contributed by atoms with Gasteiger partial charge in [-0.25, -0.2) is 17.2 Å². The van der Waals surface area contributed by atoms with Crippen molar-refractivity contribution in [3.63, 3.8) is 0 Å². The number of benzene rings is 3. The maximum absolute atomic E-state index is 13.3. The first-order chi connectivity index (χ1) is 21.4. The first-order valence-corrected chi connectivity index (χ1v) is 16.7. The summed E-state index contributed by atoms with van der Waals surface area (Å²) in [4.78, 5) is 40.6. The zero-order valence-corrected chi connectivity index (χ0v) is 25.9. The molecule has 0 spiro atoms. The van der Waals surface area contributed by atoms with E-state index in [1.54, 1.807) is 23.1 Å². The van der Waals surface area contributed by atoms with Crippen molar-refractivity contribution in [3.05, 3.63) is 82.9 Å². The molecule has 1 saturated heterocycles. The number of rotatable bonds is 8. The number of alkyl halides is 2. The van der Waals surface area contributed by atoms with Gasteiger partial charge in [0.25, 0.3) is 6.43 Å². The van der Waals surface area contributed by atoms with E-state index in [0.717, 1.165) is 28.6 Å². The van der Waals surface area contributed by atoms with Gasteiger partial charge in [0.2, 0.25) is 5.91 Å². The normalized spacial score (nSPS) is 15.2. The third-order valence-corrected chi connectivity index (χ3v) is 9.58. The molecule has 0 saturated carbocycles. The molecule has 2 aliphatic rings. The van der Waals surface area contributed by atoms with E-state index in [9.17, 15) is 31.6 Å². The molecule has 238 valence electrons. The summed E-state index contributed by atoms with van der Waals surface area (Å²) < 4.78 is 55.3. The molecular weight excluding hydrogens is 604 g/mol. The number of nitrogens with zero attached hydrogens (tertiary/aromatic N) is 2. The van der Waals surface area contributed by atoms with Crippen molar-refractivity contribution < 1.29 is 36.3 Å². The Balaban J connectivity index is 1.19. The number of nitrogens with one attached hydrogen (secondary N) is 1. The van der Waals surface area contributed by atoms with Gasteiger partial charge in [-0.15, -0.1) is 0 Å². The molecule has 0 unspecified atom stereocenters. The van der Waals surface area contributed by atoms with Crippen LogP contribution in [0.2, 0.25) is 0 Å². The fourth-order valence-corrected chi connectivity index (χ4v) is 6.96. The van der Waals surface area contributed by atoms with Crippen LogP contribution < -0.4 is 15.0 Å². The number of ether oxygens (including phenoxy) is 1. The predicted molar refractivity (Wildman–Crippen MR) is 165 cm³/mol. The molecule has 2 aliphatic heterocycles. The zero-order chi connectivity index (χ0) is 32.3. The third-order valence-electron chi connectivity index (χ3n) is 8.39. The van der Waals surface area contributed by atoms with Crippen molar-refractivity contribution in [2.45, 2.75) is 49.8 Å². The summed E-state index contributed by atoms with van der Waals surface area (Å²) in [5, 5.41) is 1.96. The standard InChI is InChI=1S/C33H35F2N3O6S/c1-21-26-15-18-38(31(39)19-24-5-3-4-6-29(24)45(2,42)43)27(26)11-12-28(21)44-25-9-7-22(8-10-25)23-13-16-37(17-14-23)33(41)32(40)36-20-30(34)35/h3-12,23,30H,13-20H2,1-2H3,(H,36,40). The quantitative estimate of drug-likeness (QED) is 0.366. The molecule has 1 N–H and O–H groups in total. The van der Waals surface area contributed by atoms with Crippen molar-refractivity contribution >= 4 is 33.2 Å². The maximum atomic E-state index is 13.3. The largest absolute Gasteiger partial charge is 0.457 e. The molecule has 0 aliphatic carbocycles. The van der Waals surface area contributed by atoms with Crippen LogP contribution in [0, 0.1) is 6.92 Å². The van der Waals surface area contributed by atoms with Crippen molar-refractivity contribution in [2.24, 2.45) is 0 Å². The van der Waals surface area contributed by atoms with Crippen molar-refractivity contribution in [1.29, 1.82) is 0 Å². The van der Waals surface area contributed by atoms with Gasteiger partial charge in [-0.3, -0.25) is 14.4 Å². The number of carbonyl (C=O) groups excluding carboxylic acids is 3. The number of anilines is 1. The van der Waals surface area contributed by atoms with Crippen LogP contribution in [0.5, 0.6) is 11.5 Å². The minimum atomic E-state index is -3.46. The van der Waals surface area contributed by atoms with Gasteiger partial charge in [0.15, 0.2) is 9.84 Å². The third kappa shape index (κ3) is 7.33. The molecule has 3 aromatic rings. The number of likely N-dealkylation sites (tertiary alicyclic amines) is 1. The highest BCUT2D eigenvalue weighted by Gasteiger charge is 2.30. The lowest BCUT2D eigenvalue weighted by Gasteiger charge is -2.31. The number of carbonyl (C=O) groups is 3. The zero-order valence-electron chi connectivity index (χ0n) is 25.1. The topological polar surface area (TPSA) is 113 Å². The summed E-state index contributed by atoms with van der Waals surface area (Å²) >= 11 is 0. The minimum absolute atomic E-state index is 0.0156. The van der Waals surface area contributed by atoms with Crippen LogP contribution in [-0.4, -0.2) is 69.9 Å². The molecule has 45 heavy (non-hydrogen) atoms. The van der Waals surface area contributed by atoms with E-state index in [4.69, 9.17) is 4.74 Å². The van der Waals surface area contributed by atoms with Crippen LogP contribution in [0.1, 0.15) is 41.0 Å². The number of sulfone groups is 1. The summed E-state index contributed by atoms with van der Waals surface area (Å²) in [6.45, 7) is 2.34. The summed E-state index contributed by atoms with van der Waals surface area (Å²) in [6.07, 6.45) is 0.365. The average Bonchev–Trinajstić information content (AvgIpc) is 3.46. The lowest BCUT2D eigenvalue weighted by Crippen LogP contribution is -2.47. The highest BCUT2D eigenvalue weighted by molar-refractivity contribution is 7.90. The number of halogens is 2. The van der Waals surface area contributed by atoms with E-state index < -0.39 is 34.6 Å². The van der Waals surface area contributed by atoms with Gasteiger partial charge in [0, 0.05) is 31.6 Å². The van der Waals surface area contributed by atoms with E-state index in [0.29, 0.717) is 56.0 Å². The SMILES string of the molecule is Cc1c(Oc2ccc(C3CCN(C(=O)C(=O)NCC(F)F)CC3)cc2)ccc2c1CCN2C(=O)Cc1ccccc1S(C)(=O)=O. The van der Waals surface area contributed by atoms with Gasteiger partial charge >= 0.3 is 11.8 Å². The Morgan fingerprint density at radius 1 is 0.978 bits per heavy atom. The van der Waals surface area contributed by atoms with Crippen molar-refractivity contribution in [1.82, 2.24) is 10.2 Å². The van der Waals surface area contributed by atoms with E-state index in [1.807, 2.05) is 48.6 Å². The number of piperidine rings is 1. The van der Waals surface area contributed by atoms with Crippen molar-refractivity contribution in [2.75, 3.05) is 37.3 Å². The van der Waals surface area contributed by atoms with E-state index >= 15 is 0 Å². The van der Waals surface area contributed by atoms with E-state index in [1.165, 1.54) is 11.0 Å². The molecule has 0 atom stereocenters. The molecule has 0 bridgehead atoms. The molecule has 3 amide bonds. The second-order valence-electron chi connectivity index (χ2n) is 11.4. The lowest BCUT2D eigenvalue weighted by atomic mass is 9.89. The molecule has 5 rings (SSSR count). The fraction of sp³-hybridized carbons (Fsp3) is 0.364. The molecule has 0 aromatic heterocycles. The second kappa shape index (κ2) is 13.4. The summed E-state index contributed by atoms with van der Waals surface area (Å²) in [5.41, 5.74) is 4.30. The highest BCUT2D eigenvalue weighted by Crippen LogP contribution is 2.38. The van der Waals surface area contributed by atoms with Crippen LogP contribution in [0.25, 0.3) is 0 Å². The Bertz CT molecular complexity index is 1700.